The Balaban J connectivity index is 1.50. The molecule has 0 spiro atoms. The molecular weight excluding hydrogens is 498 g/mol. The third-order valence-corrected chi connectivity index (χ3v) is 7.98. The highest BCUT2D eigenvalue weighted by Crippen LogP contribution is 2.39. The molecule has 1 aliphatic carbocycles. The summed E-state index contributed by atoms with van der Waals surface area (Å²) in [6.45, 7) is 12.2. The number of benzene rings is 1. The standard InChI is InChI=1S/C30H39N3O4S/c1-21-11-13-32(30(34)35)12-6-5-9-24(16-21)19-37-28-22(2)8-7-10-26(28)27-20-38-29(31-27)33(14-15-36-4)18-25-17-23(25)3/h7-10,16,20,25H,3,5-6,11-15,17-19H2,1-2,4H3,(H,34,35)/b21-16-,24-9+/t25-/m1/s1. The predicted molar refractivity (Wildman–Crippen MR) is 154 cm³/mol. The fraction of sp³-hybridized carbons (Fsp3) is 0.467. The van der Waals surface area contributed by atoms with Gasteiger partial charge in [0.1, 0.15) is 12.4 Å². The molecular formula is C30H39N3O4S. The molecule has 38 heavy (non-hydrogen) atoms. The summed E-state index contributed by atoms with van der Waals surface area (Å²) in [5, 5.41) is 12.5. The number of nitrogens with zero attached hydrogens (tertiary/aromatic N) is 3. The zero-order chi connectivity index (χ0) is 27.1. The lowest BCUT2D eigenvalue weighted by atomic mass is 10.1. The van der Waals surface area contributed by atoms with E-state index in [9.17, 15) is 9.90 Å². The summed E-state index contributed by atoms with van der Waals surface area (Å²) in [5.41, 5.74) is 6.57. The highest BCUT2D eigenvalue weighted by atomic mass is 32.1. The number of carbonyl (C=O) groups is 1. The van der Waals surface area contributed by atoms with Crippen LogP contribution in [0, 0.1) is 12.8 Å². The highest BCUT2D eigenvalue weighted by Gasteiger charge is 2.30. The van der Waals surface area contributed by atoms with Gasteiger partial charge in [-0.15, -0.1) is 11.3 Å². The van der Waals surface area contributed by atoms with Crippen LogP contribution in [0.1, 0.15) is 38.2 Å². The number of anilines is 1. The molecule has 1 aromatic heterocycles. The quantitative estimate of drug-likeness (QED) is 0.346. The van der Waals surface area contributed by atoms with Gasteiger partial charge in [0, 0.05) is 50.2 Å². The van der Waals surface area contributed by atoms with E-state index < -0.39 is 6.09 Å². The van der Waals surface area contributed by atoms with E-state index >= 15 is 0 Å². The molecule has 4 rings (SSSR count). The number of aromatic nitrogens is 1. The smallest absolute Gasteiger partial charge is 0.407 e. The van der Waals surface area contributed by atoms with Crippen LogP contribution in [0.3, 0.4) is 0 Å². The van der Waals surface area contributed by atoms with Crippen molar-refractivity contribution in [2.24, 2.45) is 5.92 Å². The van der Waals surface area contributed by atoms with Crippen molar-refractivity contribution in [2.75, 3.05) is 51.4 Å². The predicted octanol–water partition coefficient (Wildman–Crippen LogP) is 6.56. The van der Waals surface area contributed by atoms with Crippen LogP contribution in [0.15, 0.2) is 59.0 Å². The number of rotatable bonds is 10. The molecule has 1 N–H and O–H groups in total. The van der Waals surface area contributed by atoms with Crippen molar-refractivity contribution < 1.29 is 19.4 Å². The van der Waals surface area contributed by atoms with E-state index in [1.54, 1.807) is 18.4 Å². The molecule has 1 fully saturated rings. The molecule has 2 aliphatic rings. The van der Waals surface area contributed by atoms with Crippen LogP contribution >= 0.6 is 11.3 Å². The number of thiazole rings is 1. The molecule has 0 saturated heterocycles. The summed E-state index contributed by atoms with van der Waals surface area (Å²) >= 11 is 1.65. The third-order valence-electron chi connectivity index (χ3n) is 7.08. The van der Waals surface area contributed by atoms with Crippen LogP contribution in [-0.2, 0) is 4.74 Å². The largest absolute Gasteiger partial charge is 0.488 e. The number of amides is 1. The minimum absolute atomic E-state index is 0.457. The number of carboxylic acid groups (broad SMARTS) is 1. The number of hydrogen-bond acceptors (Lipinski definition) is 6. The molecule has 1 amide bonds. The average Bonchev–Trinajstić information content (AvgIpc) is 3.36. The zero-order valence-electron chi connectivity index (χ0n) is 22.7. The third kappa shape index (κ3) is 7.48. The molecule has 0 radical (unpaired) electrons. The lowest BCUT2D eigenvalue weighted by molar-refractivity contribution is 0.145. The van der Waals surface area contributed by atoms with Gasteiger partial charge >= 0.3 is 6.09 Å². The van der Waals surface area contributed by atoms with Gasteiger partial charge in [0.05, 0.1) is 12.3 Å². The lowest BCUT2D eigenvalue weighted by Gasteiger charge is -2.21. The Morgan fingerprint density at radius 2 is 2.13 bits per heavy atom. The van der Waals surface area contributed by atoms with Crippen LogP contribution in [0.25, 0.3) is 11.3 Å². The molecule has 2 heterocycles. The maximum Gasteiger partial charge on any atom is 0.407 e. The molecule has 204 valence electrons. The van der Waals surface area contributed by atoms with E-state index in [0.717, 1.165) is 71.2 Å². The maximum atomic E-state index is 11.4. The molecule has 7 nitrogen and oxygen atoms in total. The van der Waals surface area contributed by atoms with E-state index in [0.29, 0.717) is 38.6 Å². The van der Waals surface area contributed by atoms with Gasteiger partial charge in [-0.05, 0) is 56.7 Å². The van der Waals surface area contributed by atoms with E-state index in [1.165, 1.54) is 10.5 Å². The Bertz CT molecular complexity index is 1200. The lowest BCUT2D eigenvalue weighted by Crippen LogP contribution is -2.31. The van der Waals surface area contributed by atoms with Crippen molar-refractivity contribution in [3.05, 3.63) is 64.6 Å². The molecule has 1 aliphatic heterocycles. The topological polar surface area (TPSA) is 75.1 Å². The fourth-order valence-electron chi connectivity index (χ4n) is 4.65. The van der Waals surface area contributed by atoms with E-state index in [4.69, 9.17) is 14.5 Å². The Morgan fingerprint density at radius 3 is 2.87 bits per heavy atom. The SMILES string of the molecule is C=C1C[C@@H]1CN(CCOC)c1nc(-c2cccc(C)c2OCC2=C/CCCN(C(=O)O)CC/C(C)=C\2)cs1. The van der Waals surface area contributed by atoms with Crippen molar-refractivity contribution in [2.45, 2.75) is 39.5 Å². The molecule has 0 unspecified atom stereocenters. The monoisotopic (exact) mass is 537 g/mol. The first kappa shape index (κ1) is 27.9. The summed E-state index contributed by atoms with van der Waals surface area (Å²) in [4.78, 5) is 20.3. The van der Waals surface area contributed by atoms with Crippen LogP contribution in [-0.4, -0.2) is 67.6 Å². The van der Waals surface area contributed by atoms with Crippen LogP contribution in [0.4, 0.5) is 9.93 Å². The van der Waals surface area contributed by atoms with Gasteiger partial charge in [0.15, 0.2) is 5.13 Å². The van der Waals surface area contributed by atoms with Gasteiger partial charge in [-0.25, -0.2) is 9.78 Å². The second-order valence-corrected chi connectivity index (χ2v) is 11.0. The molecule has 8 heteroatoms. The number of aryl methyl sites for hydroxylation is 1. The first-order valence-electron chi connectivity index (χ1n) is 13.3. The van der Waals surface area contributed by atoms with Crippen molar-refractivity contribution >= 4 is 22.6 Å². The average molecular weight is 538 g/mol. The van der Waals surface area contributed by atoms with Gasteiger partial charge in [-0.3, -0.25) is 0 Å². The summed E-state index contributed by atoms with van der Waals surface area (Å²) in [5.74, 6) is 1.40. The Morgan fingerprint density at radius 1 is 1.32 bits per heavy atom. The number of hydrogen-bond donors (Lipinski definition) is 1. The Kier molecular flexibility index (Phi) is 9.63. The van der Waals surface area contributed by atoms with Crippen LogP contribution in [0.2, 0.25) is 0 Å². The molecule has 1 atom stereocenters. The highest BCUT2D eigenvalue weighted by molar-refractivity contribution is 7.14. The Hall–Kier alpha value is -3.10. The van der Waals surface area contributed by atoms with Crippen molar-refractivity contribution in [1.82, 2.24) is 9.88 Å². The molecule has 0 bridgehead atoms. The maximum absolute atomic E-state index is 11.4. The van der Waals surface area contributed by atoms with Crippen LogP contribution < -0.4 is 9.64 Å². The van der Waals surface area contributed by atoms with E-state index in [2.05, 4.69) is 61.1 Å². The number of ether oxygens (including phenoxy) is 2. The minimum atomic E-state index is -0.844. The first-order valence-corrected chi connectivity index (χ1v) is 14.2. The summed E-state index contributed by atoms with van der Waals surface area (Å²) in [6, 6.07) is 6.19. The van der Waals surface area contributed by atoms with Crippen molar-refractivity contribution in [1.29, 1.82) is 0 Å². The van der Waals surface area contributed by atoms with Gasteiger partial charge in [-0.2, -0.15) is 0 Å². The van der Waals surface area contributed by atoms with Gasteiger partial charge in [0.2, 0.25) is 0 Å². The normalized spacial score (nSPS) is 20.8. The first-order chi connectivity index (χ1) is 18.4. The van der Waals surface area contributed by atoms with E-state index in [-0.39, 0.29) is 0 Å². The van der Waals surface area contributed by atoms with Gasteiger partial charge in [0.25, 0.3) is 0 Å². The second-order valence-electron chi connectivity index (χ2n) is 10.2. The minimum Gasteiger partial charge on any atom is -0.488 e. The molecule has 1 saturated carbocycles. The second kappa shape index (κ2) is 13.1. The molecule has 2 aromatic rings. The van der Waals surface area contributed by atoms with Crippen LogP contribution in [0.5, 0.6) is 5.75 Å². The number of para-hydroxylation sites is 1. The van der Waals surface area contributed by atoms with E-state index in [1.807, 2.05) is 0 Å². The fourth-order valence-corrected chi connectivity index (χ4v) is 5.51. The zero-order valence-corrected chi connectivity index (χ0v) is 23.6. The summed E-state index contributed by atoms with van der Waals surface area (Å²) < 4.78 is 11.8. The molecule has 1 aromatic carbocycles. The van der Waals surface area contributed by atoms with Crippen molar-refractivity contribution in [3.8, 4) is 17.0 Å². The number of allylic oxidation sites excluding steroid dienone is 1. The van der Waals surface area contributed by atoms with Gasteiger partial charge in [-0.1, -0.05) is 42.0 Å². The number of methoxy groups -OCH3 is 1. The summed E-state index contributed by atoms with van der Waals surface area (Å²) in [7, 11) is 1.73. The van der Waals surface area contributed by atoms with Crippen molar-refractivity contribution in [3.63, 3.8) is 0 Å². The van der Waals surface area contributed by atoms with Gasteiger partial charge < -0.3 is 24.4 Å². The summed E-state index contributed by atoms with van der Waals surface area (Å²) in [6.07, 6.45) is 6.90. The Labute approximate surface area is 230 Å².